The second kappa shape index (κ2) is 6.73. The van der Waals surface area contributed by atoms with Crippen LogP contribution in [0, 0.1) is 6.92 Å². The van der Waals surface area contributed by atoms with Gasteiger partial charge in [-0.2, -0.15) is 0 Å². The first kappa shape index (κ1) is 16.6. The summed E-state index contributed by atoms with van der Waals surface area (Å²) in [7, 11) is 0. The summed E-state index contributed by atoms with van der Waals surface area (Å²) in [5.74, 6) is 1.36. The van der Waals surface area contributed by atoms with Gasteiger partial charge in [-0.05, 0) is 30.4 Å². The maximum atomic E-state index is 11.6. The first-order chi connectivity index (χ1) is 11.5. The second-order valence-electron chi connectivity index (χ2n) is 6.74. The number of fused-ring (bicyclic) bond motifs is 1. The average Bonchev–Trinajstić information content (AvgIpc) is 2.92. The van der Waals surface area contributed by atoms with Crippen LogP contribution in [0.25, 0.3) is 0 Å². The van der Waals surface area contributed by atoms with Crippen molar-refractivity contribution in [2.24, 2.45) is 0 Å². The molecular formula is C18H24N4O2. The van der Waals surface area contributed by atoms with E-state index in [2.05, 4.69) is 48.3 Å². The minimum Gasteiger partial charge on any atom is -0.480 e. The van der Waals surface area contributed by atoms with Crippen LogP contribution in [-0.2, 0) is 24.3 Å². The smallest absolute Gasteiger partial charge is 0.322 e. The zero-order chi connectivity index (χ0) is 17.3. The molecule has 1 N–H and O–H groups in total. The number of hydrogen-bond donors (Lipinski definition) is 1. The van der Waals surface area contributed by atoms with E-state index in [0.29, 0.717) is 25.6 Å². The number of nitrogens with zero attached hydrogens (tertiary/aromatic N) is 4. The van der Waals surface area contributed by atoms with Gasteiger partial charge in [0.2, 0.25) is 0 Å². The van der Waals surface area contributed by atoms with Crippen LogP contribution in [0.5, 0.6) is 0 Å². The molecule has 0 spiro atoms. The third kappa shape index (κ3) is 3.33. The van der Waals surface area contributed by atoms with Crippen molar-refractivity contribution in [3.8, 4) is 0 Å². The van der Waals surface area contributed by atoms with Crippen LogP contribution in [0.2, 0.25) is 0 Å². The molecule has 1 aliphatic heterocycles. The fourth-order valence-electron chi connectivity index (χ4n) is 3.17. The molecule has 1 aliphatic rings. The molecule has 128 valence electrons. The number of aliphatic carboxylic acids is 1. The lowest BCUT2D eigenvalue weighted by molar-refractivity contribution is -0.145. The molecule has 3 rings (SSSR count). The van der Waals surface area contributed by atoms with Crippen LogP contribution in [0.1, 0.15) is 42.5 Å². The molecule has 1 aromatic heterocycles. The number of carboxylic acid groups (broad SMARTS) is 1. The topological polar surface area (TPSA) is 71.2 Å². The van der Waals surface area contributed by atoms with Crippen LogP contribution < -0.4 is 0 Å². The number of rotatable bonds is 5. The number of hydrogen-bond acceptors (Lipinski definition) is 4. The predicted molar refractivity (Wildman–Crippen MR) is 90.8 cm³/mol. The Morgan fingerprint density at radius 1 is 1.29 bits per heavy atom. The van der Waals surface area contributed by atoms with Crippen molar-refractivity contribution in [2.45, 2.75) is 52.2 Å². The van der Waals surface area contributed by atoms with E-state index in [0.717, 1.165) is 18.1 Å². The lowest BCUT2D eigenvalue weighted by Gasteiger charge is -2.33. The lowest BCUT2D eigenvalue weighted by Crippen LogP contribution is -2.48. The van der Waals surface area contributed by atoms with Gasteiger partial charge >= 0.3 is 5.97 Å². The fourth-order valence-corrected chi connectivity index (χ4v) is 3.17. The SMILES string of the molecule is Cc1nnc2n1CC(C(=O)O)N(CCc1ccc(C(C)C)cc1)C2. The van der Waals surface area contributed by atoms with E-state index >= 15 is 0 Å². The zero-order valence-corrected chi connectivity index (χ0v) is 14.4. The number of benzene rings is 1. The van der Waals surface area contributed by atoms with Crippen LogP contribution in [0.4, 0.5) is 0 Å². The van der Waals surface area contributed by atoms with Crippen molar-refractivity contribution in [3.05, 3.63) is 47.0 Å². The largest absolute Gasteiger partial charge is 0.480 e. The molecule has 0 aliphatic carbocycles. The molecule has 6 nitrogen and oxygen atoms in total. The Labute approximate surface area is 142 Å². The highest BCUT2D eigenvalue weighted by molar-refractivity contribution is 5.73. The van der Waals surface area contributed by atoms with E-state index in [1.165, 1.54) is 11.1 Å². The zero-order valence-electron chi connectivity index (χ0n) is 14.4. The van der Waals surface area contributed by atoms with Crippen LogP contribution >= 0.6 is 0 Å². The minimum atomic E-state index is -0.788. The summed E-state index contributed by atoms with van der Waals surface area (Å²) in [6, 6.07) is 8.07. The quantitative estimate of drug-likeness (QED) is 0.911. The summed E-state index contributed by atoms with van der Waals surface area (Å²) >= 11 is 0. The lowest BCUT2D eigenvalue weighted by atomic mass is 10.0. The summed E-state index contributed by atoms with van der Waals surface area (Å²) in [5.41, 5.74) is 2.55. The van der Waals surface area contributed by atoms with Crippen molar-refractivity contribution in [3.63, 3.8) is 0 Å². The number of aryl methyl sites for hydroxylation is 1. The summed E-state index contributed by atoms with van der Waals surface area (Å²) in [6.07, 6.45) is 0.829. The van der Waals surface area contributed by atoms with Gasteiger partial charge in [0.1, 0.15) is 17.7 Å². The molecule has 2 heterocycles. The number of carbonyl (C=O) groups is 1. The van der Waals surface area contributed by atoms with Gasteiger partial charge in [0.05, 0.1) is 13.1 Å². The monoisotopic (exact) mass is 328 g/mol. The van der Waals surface area contributed by atoms with Gasteiger partial charge < -0.3 is 9.67 Å². The Morgan fingerprint density at radius 3 is 2.62 bits per heavy atom. The summed E-state index contributed by atoms with van der Waals surface area (Å²) in [4.78, 5) is 13.6. The number of aromatic nitrogens is 3. The van der Waals surface area contributed by atoms with E-state index in [-0.39, 0.29) is 0 Å². The first-order valence-electron chi connectivity index (χ1n) is 8.40. The standard InChI is InChI=1S/C18H24N4O2/c1-12(2)15-6-4-14(5-7-15)8-9-21-11-17-20-19-13(3)22(17)10-16(21)18(23)24/h4-7,12,16H,8-11H2,1-3H3,(H,23,24). The van der Waals surface area contributed by atoms with E-state index < -0.39 is 12.0 Å². The van der Waals surface area contributed by atoms with Gasteiger partial charge in [0, 0.05) is 6.54 Å². The molecule has 0 amide bonds. The Balaban J connectivity index is 1.70. The molecule has 0 saturated carbocycles. The number of carboxylic acids is 1. The van der Waals surface area contributed by atoms with Gasteiger partial charge in [-0.15, -0.1) is 10.2 Å². The molecule has 6 heteroatoms. The summed E-state index contributed by atoms with van der Waals surface area (Å²) in [6.45, 7) is 7.86. The van der Waals surface area contributed by atoms with Crippen molar-refractivity contribution in [1.29, 1.82) is 0 Å². The third-order valence-electron chi connectivity index (χ3n) is 4.77. The molecule has 1 aromatic carbocycles. The molecule has 0 radical (unpaired) electrons. The van der Waals surface area contributed by atoms with Gasteiger partial charge in [-0.25, -0.2) is 0 Å². The highest BCUT2D eigenvalue weighted by atomic mass is 16.4. The van der Waals surface area contributed by atoms with Gasteiger partial charge in [0.25, 0.3) is 0 Å². The van der Waals surface area contributed by atoms with E-state index in [4.69, 9.17) is 0 Å². The molecule has 0 bridgehead atoms. The van der Waals surface area contributed by atoms with Crippen molar-refractivity contribution >= 4 is 5.97 Å². The normalized spacial score (nSPS) is 17.9. The molecule has 0 fully saturated rings. The van der Waals surface area contributed by atoms with Crippen molar-refractivity contribution in [2.75, 3.05) is 6.54 Å². The van der Waals surface area contributed by atoms with Gasteiger partial charge in [-0.3, -0.25) is 9.69 Å². The van der Waals surface area contributed by atoms with E-state index in [1.54, 1.807) is 0 Å². The fraction of sp³-hybridized carbons (Fsp3) is 0.500. The molecular weight excluding hydrogens is 304 g/mol. The second-order valence-corrected chi connectivity index (χ2v) is 6.74. The molecule has 0 saturated heterocycles. The first-order valence-corrected chi connectivity index (χ1v) is 8.40. The van der Waals surface area contributed by atoms with Crippen molar-refractivity contribution in [1.82, 2.24) is 19.7 Å². The van der Waals surface area contributed by atoms with Crippen LogP contribution in [0.15, 0.2) is 24.3 Å². The maximum Gasteiger partial charge on any atom is 0.322 e. The van der Waals surface area contributed by atoms with Gasteiger partial charge in [-0.1, -0.05) is 38.1 Å². The molecule has 2 aromatic rings. The Morgan fingerprint density at radius 2 is 2.00 bits per heavy atom. The highest BCUT2D eigenvalue weighted by Crippen LogP contribution is 2.19. The Kier molecular flexibility index (Phi) is 4.66. The predicted octanol–water partition coefficient (Wildman–Crippen LogP) is 2.22. The molecule has 1 atom stereocenters. The minimum absolute atomic E-state index is 0.412. The van der Waals surface area contributed by atoms with Crippen molar-refractivity contribution < 1.29 is 9.90 Å². The highest BCUT2D eigenvalue weighted by Gasteiger charge is 2.32. The van der Waals surface area contributed by atoms with E-state index in [9.17, 15) is 9.90 Å². The van der Waals surface area contributed by atoms with Crippen LogP contribution in [-0.4, -0.2) is 43.3 Å². The maximum absolute atomic E-state index is 11.6. The average molecular weight is 328 g/mol. The molecule has 24 heavy (non-hydrogen) atoms. The summed E-state index contributed by atoms with van der Waals surface area (Å²) in [5, 5.41) is 17.8. The Bertz CT molecular complexity index is 721. The van der Waals surface area contributed by atoms with E-state index in [1.807, 2.05) is 16.4 Å². The summed E-state index contributed by atoms with van der Waals surface area (Å²) < 4.78 is 1.91. The molecule has 1 unspecified atom stereocenters. The van der Waals surface area contributed by atoms with Crippen LogP contribution in [0.3, 0.4) is 0 Å². The Hall–Kier alpha value is -2.21. The third-order valence-corrected chi connectivity index (χ3v) is 4.77. The van der Waals surface area contributed by atoms with Gasteiger partial charge in [0.15, 0.2) is 0 Å².